The van der Waals surface area contributed by atoms with Crippen molar-refractivity contribution in [2.24, 2.45) is 24.8 Å². The average Bonchev–Trinajstić information content (AvgIpc) is 3.17. The molecule has 2 rings (SSSR count). The normalized spacial score (nSPS) is 11.2. The molecule has 2 aromatic rings. The molecule has 0 amide bonds. The molecule has 0 aliphatic carbocycles. The zero-order chi connectivity index (χ0) is 20.1. The van der Waals surface area contributed by atoms with Crippen LogP contribution in [0.1, 0.15) is 64.6 Å². The Balaban J connectivity index is 0.000000362. The molecule has 2 aromatic heterocycles. The Morgan fingerprint density at radius 2 is 1.69 bits per heavy atom. The summed E-state index contributed by atoms with van der Waals surface area (Å²) in [4.78, 5) is 4.02. The number of aryl methyl sites for hydroxylation is 2. The van der Waals surface area contributed by atoms with Crippen molar-refractivity contribution in [3.05, 3.63) is 48.2 Å². The highest BCUT2D eigenvalue weighted by atomic mass is 15.3. The van der Waals surface area contributed by atoms with E-state index in [1.807, 2.05) is 62.0 Å². The summed E-state index contributed by atoms with van der Waals surface area (Å²) in [6.45, 7) is 12.7. The lowest BCUT2D eigenvalue weighted by atomic mass is 10.1. The smallest absolute Gasteiger partial charge is 0.0524 e. The van der Waals surface area contributed by atoms with Gasteiger partial charge in [0.2, 0.25) is 0 Å². The van der Waals surface area contributed by atoms with Crippen LogP contribution in [0.2, 0.25) is 0 Å². The predicted molar refractivity (Wildman–Crippen MR) is 112 cm³/mol. The SMILES string of the molecule is CC(C)N=C/C=C\N.CC(C)c1ccnn1C.CC(C)c1cnn(C)c1. The minimum absolute atomic E-state index is 0.367. The van der Waals surface area contributed by atoms with E-state index in [0.717, 1.165) is 0 Å². The zero-order valence-corrected chi connectivity index (χ0v) is 17.6. The Morgan fingerprint density at radius 1 is 1.04 bits per heavy atom. The van der Waals surface area contributed by atoms with Gasteiger partial charge in [0, 0.05) is 44.4 Å². The topological polar surface area (TPSA) is 74.0 Å². The van der Waals surface area contributed by atoms with Crippen LogP contribution in [0.15, 0.2) is 41.9 Å². The molecule has 0 unspecified atom stereocenters. The van der Waals surface area contributed by atoms with Crippen LogP contribution in [0.3, 0.4) is 0 Å². The van der Waals surface area contributed by atoms with Crippen molar-refractivity contribution in [2.75, 3.05) is 0 Å². The lowest BCUT2D eigenvalue weighted by Crippen LogP contribution is -1.98. The van der Waals surface area contributed by atoms with E-state index < -0.39 is 0 Å². The number of allylic oxidation sites excluding steroid dienone is 1. The van der Waals surface area contributed by atoms with Crippen molar-refractivity contribution < 1.29 is 0 Å². The van der Waals surface area contributed by atoms with Crippen molar-refractivity contribution in [3.63, 3.8) is 0 Å². The molecule has 0 atom stereocenters. The highest BCUT2D eigenvalue weighted by Gasteiger charge is 2.01. The second-order valence-corrected chi connectivity index (χ2v) is 6.91. The highest BCUT2D eigenvalue weighted by molar-refractivity contribution is 5.70. The molecule has 0 aliphatic rings. The Kier molecular flexibility index (Phi) is 11.7. The predicted octanol–water partition coefficient (Wildman–Crippen LogP) is 4.03. The van der Waals surface area contributed by atoms with Crippen LogP contribution in [-0.2, 0) is 14.1 Å². The average molecular weight is 361 g/mol. The molecule has 0 saturated heterocycles. The summed E-state index contributed by atoms with van der Waals surface area (Å²) < 4.78 is 3.74. The summed E-state index contributed by atoms with van der Waals surface area (Å²) >= 11 is 0. The van der Waals surface area contributed by atoms with E-state index in [2.05, 4.69) is 42.9 Å². The van der Waals surface area contributed by atoms with Gasteiger partial charge in [-0.15, -0.1) is 0 Å². The first kappa shape index (κ1) is 23.6. The third-order valence-corrected chi connectivity index (χ3v) is 3.42. The van der Waals surface area contributed by atoms with Gasteiger partial charge >= 0.3 is 0 Å². The van der Waals surface area contributed by atoms with Crippen LogP contribution in [0.4, 0.5) is 0 Å². The molecule has 0 aromatic carbocycles. The number of rotatable bonds is 4. The van der Waals surface area contributed by atoms with E-state index in [1.54, 1.807) is 12.3 Å². The van der Waals surface area contributed by atoms with E-state index in [-0.39, 0.29) is 0 Å². The summed E-state index contributed by atoms with van der Waals surface area (Å²) in [6, 6.07) is 2.41. The molecular weight excluding hydrogens is 324 g/mol. The lowest BCUT2D eigenvalue weighted by molar-refractivity contribution is 0.669. The van der Waals surface area contributed by atoms with Gasteiger partial charge in [0.15, 0.2) is 0 Å². The van der Waals surface area contributed by atoms with Crippen LogP contribution in [0, 0.1) is 0 Å². The first-order valence-corrected chi connectivity index (χ1v) is 9.05. The standard InChI is InChI=1S/2C7H12N2.C6H12N2/c1-6(2)7-4-8-9(3)5-7;1-6(2)7-4-5-8-9(7)3;1-6(2)8-5-3-4-7/h2*4-6H,1-3H3;3-6H,7H2,1-2H3/b;;4-3-,8-5?. The Bertz CT molecular complexity index is 647. The third kappa shape index (κ3) is 10.5. The third-order valence-electron chi connectivity index (χ3n) is 3.42. The quantitative estimate of drug-likeness (QED) is 0.837. The van der Waals surface area contributed by atoms with Crippen LogP contribution >= 0.6 is 0 Å². The van der Waals surface area contributed by atoms with Crippen molar-refractivity contribution >= 4 is 6.21 Å². The van der Waals surface area contributed by atoms with Crippen molar-refractivity contribution in [2.45, 2.75) is 59.4 Å². The van der Waals surface area contributed by atoms with Crippen molar-refractivity contribution in [3.8, 4) is 0 Å². The number of aromatic nitrogens is 4. The molecule has 0 aliphatic heterocycles. The number of nitrogens with two attached hydrogens (primary N) is 1. The fourth-order valence-electron chi connectivity index (χ4n) is 1.96. The van der Waals surface area contributed by atoms with E-state index in [9.17, 15) is 0 Å². The van der Waals surface area contributed by atoms with E-state index >= 15 is 0 Å². The van der Waals surface area contributed by atoms with E-state index in [1.165, 1.54) is 17.5 Å². The molecule has 146 valence electrons. The van der Waals surface area contributed by atoms with E-state index in [0.29, 0.717) is 17.9 Å². The Hall–Kier alpha value is -2.37. The number of aliphatic imine (C=N–C) groups is 1. The molecule has 0 spiro atoms. The molecule has 2 heterocycles. The maximum Gasteiger partial charge on any atom is 0.0524 e. The Labute approximate surface area is 158 Å². The summed E-state index contributed by atoms with van der Waals surface area (Å²) in [5.41, 5.74) is 7.63. The second-order valence-electron chi connectivity index (χ2n) is 6.91. The van der Waals surface area contributed by atoms with Gasteiger partial charge in [0.25, 0.3) is 0 Å². The number of hydrogen-bond donors (Lipinski definition) is 1. The second kappa shape index (κ2) is 12.9. The van der Waals surface area contributed by atoms with Gasteiger partial charge in [-0.1, -0.05) is 27.7 Å². The molecule has 0 saturated carbocycles. The molecule has 6 heteroatoms. The monoisotopic (exact) mass is 360 g/mol. The van der Waals surface area contributed by atoms with Crippen LogP contribution in [0.5, 0.6) is 0 Å². The van der Waals surface area contributed by atoms with Gasteiger partial charge in [-0.25, -0.2) is 0 Å². The molecular formula is C20H36N6. The van der Waals surface area contributed by atoms with Crippen molar-refractivity contribution in [1.82, 2.24) is 19.6 Å². The van der Waals surface area contributed by atoms with Crippen molar-refractivity contribution in [1.29, 1.82) is 0 Å². The Morgan fingerprint density at radius 3 is 1.96 bits per heavy atom. The number of hydrogen-bond acceptors (Lipinski definition) is 4. The van der Waals surface area contributed by atoms with Gasteiger partial charge in [-0.3, -0.25) is 14.4 Å². The molecule has 0 radical (unpaired) electrons. The maximum absolute atomic E-state index is 5.04. The fourth-order valence-corrected chi connectivity index (χ4v) is 1.96. The van der Waals surface area contributed by atoms with Gasteiger partial charge in [0.1, 0.15) is 0 Å². The number of nitrogens with zero attached hydrogens (tertiary/aromatic N) is 5. The highest BCUT2D eigenvalue weighted by Crippen LogP contribution is 2.11. The van der Waals surface area contributed by atoms with Gasteiger partial charge < -0.3 is 5.73 Å². The van der Waals surface area contributed by atoms with Crippen LogP contribution in [0.25, 0.3) is 0 Å². The molecule has 0 fully saturated rings. The summed E-state index contributed by atoms with van der Waals surface area (Å²) in [5, 5.41) is 8.11. The van der Waals surface area contributed by atoms with Gasteiger partial charge in [-0.2, -0.15) is 10.2 Å². The molecule has 0 bridgehead atoms. The summed E-state index contributed by atoms with van der Waals surface area (Å²) in [5.74, 6) is 1.18. The summed E-state index contributed by atoms with van der Waals surface area (Å²) in [7, 11) is 3.90. The van der Waals surface area contributed by atoms with Crippen LogP contribution < -0.4 is 5.73 Å². The van der Waals surface area contributed by atoms with Gasteiger partial charge in [-0.05, 0) is 49.6 Å². The zero-order valence-electron chi connectivity index (χ0n) is 17.6. The molecule has 2 N–H and O–H groups in total. The molecule has 26 heavy (non-hydrogen) atoms. The largest absolute Gasteiger partial charge is 0.405 e. The minimum atomic E-state index is 0.367. The van der Waals surface area contributed by atoms with E-state index in [4.69, 9.17) is 5.73 Å². The molecule has 6 nitrogen and oxygen atoms in total. The fraction of sp³-hybridized carbons (Fsp3) is 0.550. The first-order valence-electron chi connectivity index (χ1n) is 9.05. The maximum atomic E-state index is 5.04. The lowest BCUT2D eigenvalue weighted by Gasteiger charge is -2.02. The minimum Gasteiger partial charge on any atom is -0.405 e. The van der Waals surface area contributed by atoms with Gasteiger partial charge in [0.05, 0.1) is 6.20 Å². The van der Waals surface area contributed by atoms with Crippen LogP contribution in [-0.4, -0.2) is 31.8 Å². The first-order chi connectivity index (χ1) is 12.2. The summed E-state index contributed by atoms with van der Waals surface area (Å²) in [6.07, 6.45) is 10.7.